The average Bonchev–Trinajstić information content (AvgIpc) is 2.39. The number of allylic oxidation sites excluding steroid dienone is 1. The summed E-state index contributed by atoms with van der Waals surface area (Å²) < 4.78 is 0. The Morgan fingerprint density at radius 1 is 0.882 bits per heavy atom. The van der Waals surface area contributed by atoms with Crippen molar-refractivity contribution in [1.29, 1.82) is 0 Å². The molecule has 2 aromatic carbocycles. The van der Waals surface area contributed by atoms with Gasteiger partial charge in [-0.25, -0.2) is 0 Å². The van der Waals surface area contributed by atoms with Gasteiger partial charge in [-0.2, -0.15) is 0 Å². The summed E-state index contributed by atoms with van der Waals surface area (Å²) in [5.74, 6) is -0.0760. The molecule has 0 aromatic heterocycles. The zero-order chi connectivity index (χ0) is 12.3. The van der Waals surface area contributed by atoms with E-state index >= 15 is 0 Å². The summed E-state index contributed by atoms with van der Waals surface area (Å²) in [5, 5.41) is 0.617. The van der Waals surface area contributed by atoms with Crippen LogP contribution in [-0.2, 0) is 0 Å². The number of ketones is 1. The van der Waals surface area contributed by atoms with Crippen molar-refractivity contribution in [1.82, 2.24) is 0 Å². The highest BCUT2D eigenvalue weighted by atomic mass is 35.5. The predicted molar refractivity (Wildman–Crippen MR) is 71.3 cm³/mol. The Morgan fingerprint density at radius 3 is 2.06 bits per heavy atom. The molecule has 2 rings (SSSR count). The second-order valence-corrected chi connectivity index (χ2v) is 4.12. The first-order valence-electron chi connectivity index (χ1n) is 5.23. The van der Waals surface area contributed by atoms with Gasteiger partial charge in [0.15, 0.2) is 5.78 Å². The molecule has 0 aliphatic carbocycles. The summed E-state index contributed by atoms with van der Waals surface area (Å²) in [7, 11) is 0. The van der Waals surface area contributed by atoms with E-state index in [1.54, 1.807) is 24.3 Å². The Balaban J connectivity index is 2.27. The van der Waals surface area contributed by atoms with Crippen molar-refractivity contribution < 1.29 is 4.79 Å². The van der Waals surface area contributed by atoms with E-state index in [0.29, 0.717) is 16.2 Å². The molecule has 1 nitrogen and oxygen atoms in total. The van der Waals surface area contributed by atoms with Gasteiger partial charge in [-0.05, 0) is 29.8 Å². The Labute approximate surface area is 105 Å². The van der Waals surface area contributed by atoms with E-state index in [-0.39, 0.29) is 5.78 Å². The first-order chi connectivity index (χ1) is 8.18. The summed E-state index contributed by atoms with van der Waals surface area (Å²) in [6, 6.07) is 16.2. The van der Waals surface area contributed by atoms with E-state index in [2.05, 4.69) is 6.58 Å². The fourth-order valence-electron chi connectivity index (χ4n) is 1.55. The molecule has 2 aromatic rings. The molecule has 0 heterocycles. The molecule has 84 valence electrons. The van der Waals surface area contributed by atoms with Crippen molar-refractivity contribution in [3.63, 3.8) is 0 Å². The van der Waals surface area contributed by atoms with Crippen molar-refractivity contribution in [2.75, 3.05) is 0 Å². The molecule has 0 fully saturated rings. The topological polar surface area (TPSA) is 17.1 Å². The SMILES string of the molecule is C=C(C(=O)c1ccc(Cl)cc1)c1ccccc1. The molecule has 2 heteroatoms. The number of benzene rings is 2. The number of hydrogen-bond acceptors (Lipinski definition) is 1. The van der Waals surface area contributed by atoms with Crippen LogP contribution in [0.15, 0.2) is 61.2 Å². The van der Waals surface area contributed by atoms with Crippen molar-refractivity contribution in [2.24, 2.45) is 0 Å². The lowest BCUT2D eigenvalue weighted by atomic mass is 9.98. The molecule has 0 unspecified atom stereocenters. The first-order valence-corrected chi connectivity index (χ1v) is 5.61. The number of halogens is 1. The van der Waals surface area contributed by atoms with Gasteiger partial charge in [0.25, 0.3) is 0 Å². The predicted octanol–water partition coefficient (Wildman–Crippen LogP) is 4.24. The highest BCUT2D eigenvalue weighted by Gasteiger charge is 2.11. The van der Waals surface area contributed by atoms with Crippen molar-refractivity contribution >= 4 is 23.0 Å². The minimum Gasteiger partial charge on any atom is -0.289 e. The molecule has 0 N–H and O–H groups in total. The van der Waals surface area contributed by atoms with Crippen LogP contribution in [0.1, 0.15) is 15.9 Å². The van der Waals surface area contributed by atoms with Gasteiger partial charge in [-0.15, -0.1) is 0 Å². The molecule has 0 bridgehead atoms. The van der Waals surface area contributed by atoms with Crippen LogP contribution < -0.4 is 0 Å². The third-order valence-corrected chi connectivity index (χ3v) is 2.75. The lowest BCUT2D eigenvalue weighted by Gasteiger charge is -2.05. The minimum absolute atomic E-state index is 0.0760. The Morgan fingerprint density at radius 2 is 1.47 bits per heavy atom. The molecule has 0 aliphatic heterocycles. The van der Waals surface area contributed by atoms with E-state index in [1.165, 1.54) is 0 Å². The quantitative estimate of drug-likeness (QED) is 0.581. The minimum atomic E-state index is -0.0760. The normalized spacial score (nSPS) is 9.94. The third kappa shape index (κ3) is 2.63. The van der Waals surface area contributed by atoms with E-state index in [1.807, 2.05) is 30.3 Å². The summed E-state index contributed by atoms with van der Waals surface area (Å²) in [6.07, 6.45) is 0. The van der Waals surface area contributed by atoms with Crippen molar-refractivity contribution in [2.45, 2.75) is 0 Å². The average molecular weight is 243 g/mol. The fourth-order valence-corrected chi connectivity index (χ4v) is 1.67. The van der Waals surface area contributed by atoms with E-state index < -0.39 is 0 Å². The largest absolute Gasteiger partial charge is 0.289 e. The van der Waals surface area contributed by atoms with Gasteiger partial charge in [-0.3, -0.25) is 4.79 Å². The van der Waals surface area contributed by atoms with Crippen LogP contribution in [0.2, 0.25) is 5.02 Å². The molecule has 0 atom stereocenters. The molecular formula is C15H11ClO. The van der Waals surface area contributed by atoms with Crippen LogP contribution in [0, 0.1) is 0 Å². The summed E-state index contributed by atoms with van der Waals surface area (Å²) >= 11 is 5.78. The fraction of sp³-hybridized carbons (Fsp3) is 0. The molecule has 0 saturated carbocycles. The lowest BCUT2D eigenvalue weighted by molar-refractivity contribution is 0.105. The first kappa shape index (κ1) is 11.6. The maximum Gasteiger partial charge on any atom is 0.193 e. The second kappa shape index (κ2) is 4.98. The zero-order valence-electron chi connectivity index (χ0n) is 9.19. The summed E-state index contributed by atoms with van der Waals surface area (Å²) in [6.45, 7) is 3.84. The van der Waals surface area contributed by atoms with Crippen molar-refractivity contribution in [3.8, 4) is 0 Å². The van der Waals surface area contributed by atoms with Gasteiger partial charge in [0.1, 0.15) is 0 Å². The molecule has 0 aliphatic rings. The van der Waals surface area contributed by atoms with E-state index in [9.17, 15) is 4.79 Å². The second-order valence-electron chi connectivity index (χ2n) is 3.68. The molecule has 17 heavy (non-hydrogen) atoms. The molecule has 0 radical (unpaired) electrons. The number of Topliss-reactive ketones (excluding diaryl/α,β-unsaturated/α-hetero) is 1. The highest BCUT2D eigenvalue weighted by Crippen LogP contribution is 2.19. The molecule has 0 spiro atoms. The van der Waals surface area contributed by atoms with Crippen LogP contribution in [0.3, 0.4) is 0 Å². The molecule has 0 amide bonds. The molecule has 0 saturated heterocycles. The zero-order valence-corrected chi connectivity index (χ0v) is 9.95. The van der Waals surface area contributed by atoms with Crippen LogP contribution in [0.4, 0.5) is 0 Å². The number of hydrogen-bond donors (Lipinski definition) is 0. The van der Waals surface area contributed by atoms with Gasteiger partial charge in [0.2, 0.25) is 0 Å². The van der Waals surface area contributed by atoms with Gasteiger partial charge >= 0.3 is 0 Å². The molecular weight excluding hydrogens is 232 g/mol. The van der Waals surface area contributed by atoms with Crippen LogP contribution in [0.25, 0.3) is 5.57 Å². The van der Waals surface area contributed by atoms with Gasteiger partial charge < -0.3 is 0 Å². The smallest absolute Gasteiger partial charge is 0.193 e. The van der Waals surface area contributed by atoms with Crippen molar-refractivity contribution in [3.05, 3.63) is 77.3 Å². The van der Waals surface area contributed by atoms with Crippen LogP contribution >= 0.6 is 11.6 Å². The van der Waals surface area contributed by atoms with Gasteiger partial charge in [-0.1, -0.05) is 48.5 Å². The van der Waals surface area contributed by atoms with Gasteiger partial charge in [0, 0.05) is 16.2 Å². The monoisotopic (exact) mass is 242 g/mol. The number of carbonyl (C=O) groups is 1. The maximum absolute atomic E-state index is 12.1. The highest BCUT2D eigenvalue weighted by molar-refractivity contribution is 6.31. The lowest BCUT2D eigenvalue weighted by Crippen LogP contribution is -2.01. The Bertz CT molecular complexity index is 541. The van der Waals surface area contributed by atoms with Crippen LogP contribution in [-0.4, -0.2) is 5.78 Å². The van der Waals surface area contributed by atoms with E-state index in [4.69, 9.17) is 11.6 Å². The van der Waals surface area contributed by atoms with Crippen LogP contribution in [0.5, 0.6) is 0 Å². The Hall–Kier alpha value is -1.86. The maximum atomic E-state index is 12.1. The number of carbonyl (C=O) groups excluding carboxylic acids is 1. The standard InChI is InChI=1S/C15H11ClO/c1-11(12-5-3-2-4-6-12)15(17)13-7-9-14(16)10-8-13/h2-10H,1H2. The third-order valence-electron chi connectivity index (χ3n) is 2.50. The summed E-state index contributed by atoms with van der Waals surface area (Å²) in [4.78, 5) is 12.1. The van der Waals surface area contributed by atoms with Gasteiger partial charge in [0.05, 0.1) is 0 Å². The summed E-state index contributed by atoms with van der Waals surface area (Å²) in [5.41, 5.74) is 1.93. The van der Waals surface area contributed by atoms with E-state index in [0.717, 1.165) is 5.56 Å². The Kier molecular flexibility index (Phi) is 3.40. The number of rotatable bonds is 3.